The van der Waals surface area contributed by atoms with Gasteiger partial charge in [-0.05, 0) is 13.3 Å². The fourth-order valence-corrected chi connectivity index (χ4v) is 1.84. The van der Waals surface area contributed by atoms with Crippen molar-refractivity contribution >= 4 is 29.1 Å². The predicted molar refractivity (Wildman–Crippen MR) is 64.2 cm³/mol. The third kappa shape index (κ3) is 4.13. The summed E-state index contributed by atoms with van der Waals surface area (Å²) in [6.45, 7) is 1.74. The van der Waals surface area contributed by atoms with Crippen LogP contribution in [0.25, 0.3) is 0 Å². The van der Waals surface area contributed by atoms with Crippen LogP contribution in [0.4, 0.5) is 0 Å². The SMILES string of the molecule is Cc1nc(C(=O)NC(CCC(N)=O)C(=O)O)cs1. The van der Waals surface area contributed by atoms with Crippen molar-refractivity contribution in [2.24, 2.45) is 5.73 Å². The number of aliphatic carboxylic acids is 1. The standard InChI is InChI=1S/C10H13N3O4S/c1-5-12-7(4-18-5)9(15)13-6(10(16)17)2-3-8(11)14/h4,6H,2-3H2,1H3,(H2,11,14)(H,13,15)(H,16,17). The summed E-state index contributed by atoms with van der Waals surface area (Å²) in [5, 5.41) is 13.5. The normalized spacial score (nSPS) is 11.8. The van der Waals surface area contributed by atoms with Crippen LogP contribution in [0.1, 0.15) is 28.3 Å². The van der Waals surface area contributed by atoms with Crippen LogP contribution >= 0.6 is 11.3 Å². The summed E-state index contributed by atoms with van der Waals surface area (Å²) in [5.41, 5.74) is 5.10. The van der Waals surface area contributed by atoms with E-state index in [1.54, 1.807) is 6.92 Å². The van der Waals surface area contributed by atoms with Crippen molar-refractivity contribution < 1.29 is 19.5 Å². The monoisotopic (exact) mass is 271 g/mol. The van der Waals surface area contributed by atoms with E-state index < -0.39 is 23.8 Å². The third-order valence-corrected chi connectivity index (χ3v) is 2.91. The van der Waals surface area contributed by atoms with E-state index in [1.165, 1.54) is 16.7 Å². The fourth-order valence-electron chi connectivity index (χ4n) is 1.24. The molecule has 1 rings (SSSR count). The van der Waals surface area contributed by atoms with Gasteiger partial charge in [-0.1, -0.05) is 0 Å². The Morgan fingerprint density at radius 2 is 2.22 bits per heavy atom. The molecule has 8 heteroatoms. The van der Waals surface area contributed by atoms with Gasteiger partial charge in [0.05, 0.1) is 5.01 Å². The van der Waals surface area contributed by atoms with Crippen molar-refractivity contribution in [1.82, 2.24) is 10.3 Å². The third-order valence-electron chi connectivity index (χ3n) is 2.13. The van der Waals surface area contributed by atoms with Crippen LogP contribution in [0.2, 0.25) is 0 Å². The molecule has 0 aliphatic rings. The molecular weight excluding hydrogens is 258 g/mol. The Morgan fingerprint density at radius 3 is 2.67 bits per heavy atom. The van der Waals surface area contributed by atoms with Crippen LogP contribution in [-0.4, -0.2) is 33.9 Å². The van der Waals surface area contributed by atoms with E-state index >= 15 is 0 Å². The smallest absolute Gasteiger partial charge is 0.326 e. The molecule has 1 unspecified atom stereocenters. The number of thiazole rings is 1. The molecule has 0 fully saturated rings. The average Bonchev–Trinajstić information content (AvgIpc) is 2.70. The lowest BCUT2D eigenvalue weighted by atomic mass is 10.1. The van der Waals surface area contributed by atoms with Gasteiger partial charge in [0.25, 0.3) is 5.91 Å². The lowest BCUT2D eigenvalue weighted by molar-refractivity contribution is -0.139. The maximum absolute atomic E-state index is 11.7. The Balaban J connectivity index is 2.63. The van der Waals surface area contributed by atoms with Gasteiger partial charge < -0.3 is 16.2 Å². The van der Waals surface area contributed by atoms with Gasteiger partial charge in [-0.15, -0.1) is 11.3 Å². The quantitative estimate of drug-likeness (QED) is 0.666. The summed E-state index contributed by atoms with van der Waals surface area (Å²) in [5.74, 6) is -2.40. The molecule has 0 aliphatic heterocycles. The zero-order chi connectivity index (χ0) is 13.7. The minimum Gasteiger partial charge on any atom is -0.480 e. The number of aryl methyl sites for hydroxylation is 1. The molecule has 18 heavy (non-hydrogen) atoms. The Labute approximate surface area is 107 Å². The zero-order valence-corrected chi connectivity index (χ0v) is 10.5. The van der Waals surface area contributed by atoms with Gasteiger partial charge in [-0.2, -0.15) is 0 Å². The molecule has 0 aromatic carbocycles. The van der Waals surface area contributed by atoms with E-state index in [9.17, 15) is 14.4 Å². The largest absolute Gasteiger partial charge is 0.480 e. The van der Waals surface area contributed by atoms with Crippen molar-refractivity contribution in [3.05, 3.63) is 16.1 Å². The van der Waals surface area contributed by atoms with Crippen LogP contribution in [-0.2, 0) is 9.59 Å². The molecule has 0 spiro atoms. The molecule has 0 aliphatic carbocycles. The number of hydrogen-bond donors (Lipinski definition) is 3. The maximum atomic E-state index is 11.7. The first-order valence-electron chi connectivity index (χ1n) is 5.14. The van der Waals surface area contributed by atoms with Crippen LogP contribution < -0.4 is 11.1 Å². The number of nitrogens with two attached hydrogens (primary N) is 1. The number of aromatic nitrogens is 1. The summed E-state index contributed by atoms with van der Waals surface area (Å²) in [7, 11) is 0. The first-order chi connectivity index (χ1) is 8.40. The molecule has 1 heterocycles. The number of nitrogens with zero attached hydrogens (tertiary/aromatic N) is 1. The van der Waals surface area contributed by atoms with Crippen LogP contribution in [0.15, 0.2) is 5.38 Å². The molecule has 1 aromatic rings. The number of carbonyl (C=O) groups is 3. The Kier molecular flexibility index (Phi) is 4.78. The van der Waals surface area contributed by atoms with Gasteiger partial charge in [0.2, 0.25) is 5.91 Å². The fraction of sp³-hybridized carbons (Fsp3) is 0.400. The molecule has 1 aromatic heterocycles. The van der Waals surface area contributed by atoms with Crippen molar-refractivity contribution in [3.63, 3.8) is 0 Å². The molecule has 0 radical (unpaired) electrons. The number of carboxylic acids is 1. The van der Waals surface area contributed by atoms with Crippen molar-refractivity contribution in [2.45, 2.75) is 25.8 Å². The summed E-state index contributed by atoms with van der Waals surface area (Å²) in [6, 6.07) is -1.15. The lowest BCUT2D eigenvalue weighted by Gasteiger charge is -2.12. The number of rotatable bonds is 6. The van der Waals surface area contributed by atoms with Crippen LogP contribution in [0, 0.1) is 6.92 Å². The van der Waals surface area contributed by atoms with Crippen LogP contribution in [0.5, 0.6) is 0 Å². The highest BCUT2D eigenvalue weighted by Crippen LogP contribution is 2.08. The summed E-state index contributed by atoms with van der Waals surface area (Å²) >= 11 is 1.29. The number of amides is 2. The highest BCUT2D eigenvalue weighted by Gasteiger charge is 2.22. The minimum absolute atomic E-state index is 0.0421. The van der Waals surface area contributed by atoms with Crippen molar-refractivity contribution in [3.8, 4) is 0 Å². The molecular formula is C10H13N3O4S. The molecule has 1 atom stereocenters. The number of primary amides is 1. The number of carbonyl (C=O) groups excluding carboxylic acids is 2. The van der Waals surface area contributed by atoms with Gasteiger partial charge in [0, 0.05) is 11.8 Å². The van der Waals surface area contributed by atoms with E-state index in [-0.39, 0.29) is 18.5 Å². The van der Waals surface area contributed by atoms with Crippen molar-refractivity contribution in [2.75, 3.05) is 0 Å². The summed E-state index contributed by atoms with van der Waals surface area (Å²) < 4.78 is 0. The average molecular weight is 271 g/mol. The second-order valence-corrected chi connectivity index (χ2v) is 4.68. The summed E-state index contributed by atoms with van der Waals surface area (Å²) in [6.07, 6.45) is -0.146. The number of nitrogens with one attached hydrogen (secondary N) is 1. The maximum Gasteiger partial charge on any atom is 0.326 e. The van der Waals surface area contributed by atoms with Crippen LogP contribution in [0.3, 0.4) is 0 Å². The van der Waals surface area contributed by atoms with Gasteiger partial charge >= 0.3 is 5.97 Å². The predicted octanol–water partition coefficient (Wildman–Crippen LogP) is -0.1000. The Hall–Kier alpha value is -1.96. The van der Waals surface area contributed by atoms with Gasteiger partial charge in [0.15, 0.2) is 0 Å². The second-order valence-electron chi connectivity index (χ2n) is 3.62. The molecule has 7 nitrogen and oxygen atoms in total. The van der Waals surface area contributed by atoms with Gasteiger partial charge in [-0.3, -0.25) is 9.59 Å². The first-order valence-corrected chi connectivity index (χ1v) is 6.02. The van der Waals surface area contributed by atoms with E-state index in [0.29, 0.717) is 5.01 Å². The van der Waals surface area contributed by atoms with E-state index in [2.05, 4.69) is 10.3 Å². The van der Waals surface area contributed by atoms with Gasteiger partial charge in [-0.25, -0.2) is 9.78 Å². The molecule has 4 N–H and O–H groups in total. The topological polar surface area (TPSA) is 122 Å². The lowest BCUT2D eigenvalue weighted by Crippen LogP contribution is -2.41. The first kappa shape index (κ1) is 14.1. The van der Waals surface area contributed by atoms with E-state index in [1.807, 2.05) is 0 Å². The highest BCUT2D eigenvalue weighted by atomic mass is 32.1. The highest BCUT2D eigenvalue weighted by molar-refractivity contribution is 7.09. The molecule has 0 saturated carbocycles. The molecule has 0 bridgehead atoms. The number of hydrogen-bond acceptors (Lipinski definition) is 5. The number of carboxylic acid groups (broad SMARTS) is 1. The second kappa shape index (κ2) is 6.10. The minimum atomic E-state index is -1.21. The van der Waals surface area contributed by atoms with Crippen molar-refractivity contribution in [1.29, 1.82) is 0 Å². The Bertz CT molecular complexity index is 471. The van der Waals surface area contributed by atoms with E-state index in [0.717, 1.165) is 0 Å². The summed E-state index contributed by atoms with van der Waals surface area (Å²) in [4.78, 5) is 37.1. The molecule has 2 amide bonds. The zero-order valence-electron chi connectivity index (χ0n) is 9.67. The van der Waals surface area contributed by atoms with Gasteiger partial charge in [0.1, 0.15) is 11.7 Å². The molecule has 98 valence electrons. The molecule has 0 saturated heterocycles. The van der Waals surface area contributed by atoms with E-state index in [4.69, 9.17) is 10.8 Å². The Morgan fingerprint density at radius 1 is 1.56 bits per heavy atom.